The van der Waals surface area contributed by atoms with Gasteiger partial charge in [0.2, 0.25) is 0 Å². The first-order valence-corrected chi connectivity index (χ1v) is 5.56. The van der Waals surface area contributed by atoms with Gasteiger partial charge < -0.3 is 10.5 Å². The van der Waals surface area contributed by atoms with Crippen molar-refractivity contribution in [1.29, 1.82) is 0 Å². The van der Waals surface area contributed by atoms with E-state index in [9.17, 15) is 0 Å². The molecule has 0 aromatic carbocycles. The van der Waals surface area contributed by atoms with E-state index in [0.717, 1.165) is 29.8 Å². The molecule has 0 atom stereocenters. The first-order chi connectivity index (χ1) is 7.20. The Balaban J connectivity index is 2.21. The van der Waals surface area contributed by atoms with Crippen LogP contribution in [0.1, 0.15) is 43.9 Å². The quantitative estimate of drug-likeness (QED) is 0.821. The van der Waals surface area contributed by atoms with Crippen LogP contribution in [0.25, 0.3) is 0 Å². The monoisotopic (exact) mass is 206 g/mol. The molecular weight excluding hydrogens is 188 g/mol. The lowest BCUT2D eigenvalue weighted by molar-refractivity contribution is 0.298. The SMILES string of the molecule is CC(C)c1cc(CN)c(OC2CC2)cn1. The van der Waals surface area contributed by atoms with Crippen molar-refractivity contribution in [2.75, 3.05) is 0 Å². The van der Waals surface area contributed by atoms with E-state index < -0.39 is 0 Å². The van der Waals surface area contributed by atoms with Crippen LogP contribution in [0, 0.1) is 0 Å². The number of ether oxygens (including phenoxy) is 1. The summed E-state index contributed by atoms with van der Waals surface area (Å²) >= 11 is 0. The van der Waals surface area contributed by atoms with Crippen molar-refractivity contribution in [2.45, 2.75) is 45.3 Å². The molecule has 15 heavy (non-hydrogen) atoms. The predicted molar refractivity (Wildman–Crippen MR) is 59.9 cm³/mol. The van der Waals surface area contributed by atoms with Crippen molar-refractivity contribution >= 4 is 0 Å². The molecule has 82 valence electrons. The Hall–Kier alpha value is -1.09. The van der Waals surface area contributed by atoms with Crippen LogP contribution < -0.4 is 10.5 Å². The first kappa shape index (κ1) is 10.4. The van der Waals surface area contributed by atoms with Gasteiger partial charge in [-0.1, -0.05) is 13.8 Å². The van der Waals surface area contributed by atoms with Gasteiger partial charge in [0, 0.05) is 17.8 Å². The number of pyridine rings is 1. The van der Waals surface area contributed by atoms with Gasteiger partial charge in [0.1, 0.15) is 5.75 Å². The van der Waals surface area contributed by atoms with Crippen LogP contribution in [0.15, 0.2) is 12.3 Å². The molecule has 0 amide bonds. The largest absolute Gasteiger partial charge is 0.488 e. The number of nitrogens with zero attached hydrogens (tertiary/aromatic N) is 1. The van der Waals surface area contributed by atoms with Gasteiger partial charge in [0.25, 0.3) is 0 Å². The Morgan fingerprint density at radius 2 is 2.27 bits per heavy atom. The standard InChI is InChI=1S/C12H18N2O/c1-8(2)11-5-9(6-13)12(7-14-11)15-10-3-4-10/h5,7-8,10H,3-4,6,13H2,1-2H3. The van der Waals surface area contributed by atoms with Crippen LogP contribution in [0.3, 0.4) is 0 Å². The zero-order valence-electron chi connectivity index (χ0n) is 9.36. The Kier molecular flexibility index (Phi) is 2.91. The molecule has 3 nitrogen and oxygen atoms in total. The fourth-order valence-electron chi connectivity index (χ4n) is 1.45. The Morgan fingerprint density at radius 3 is 2.80 bits per heavy atom. The summed E-state index contributed by atoms with van der Waals surface area (Å²) in [5, 5.41) is 0. The molecule has 1 saturated carbocycles. The third-order valence-corrected chi connectivity index (χ3v) is 2.60. The Bertz CT molecular complexity index is 345. The number of hydrogen-bond donors (Lipinski definition) is 1. The predicted octanol–water partition coefficient (Wildman–Crippen LogP) is 2.20. The van der Waals surface area contributed by atoms with Crippen molar-refractivity contribution in [3.05, 3.63) is 23.5 Å². The Morgan fingerprint density at radius 1 is 1.53 bits per heavy atom. The lowest BCUT2D eigenvalue weighted by Gasteiger charge is -2.12. The van der Waals surface area contributed by atoms with E-state index in [1.165, 1.54) is 0 Å². The lowest BCUT2D eigenvalue weighted by Crippen LogP contribution is -2.06. The molecule has 1 aromatic heterocycles. The van der Waals surface area contributed by atoms with Gasteiger partial charge in [-0.3, -0.25) is 4.98 Å². The maximum atomic E-state index is 5.74. The summed E-state index contributed by atoms with van der Waals surface area (Å²) in [5.41, 5.74) is 7.86. The van der Waals surface area contributed by atoms with Crippen LogP contribution in [-0.4, -0.2) is 11.1 Å². The van der Waals surface area contributed by atoms with E-state index in [-0.39, 0.29) is 0 Å². The first-order valence-electron chi connectivity index (χ1n) is 5.56. The smallest absolute Gasteiger partial charge is 0.142 e. The third kappa shape index (κ3) is 2.48. The van der Waals surface area contributed by atoms with E-state index in [1.54, 1.807) is 0 Å². The molecule has 1 aromatic rings. The maximum absolute atomic E-state index is 5.74. The average molecular weight is 206 g/mol. The van der Waals surface area contributed by atoms with Gasteiger partial charge in [-0.15, -0.1) is 0 Å². The van der Waals surface area contributed by atoms with Crippen LogP contribution in [-0.2, 0) is 6.54 Å². The molecule has 0 aliphatic heterocycles. The van der Waals surface area contributed by atoms with Crippen molar-refractivity contribution < 1.29 is 4.74 Å². The van der Waals surface area contributed by atoms with E-state index in [2.05, 4.69) is 24.9 Å². The number of rotatable bonds is 4. The third-order valence-electron chi connectivity index (χ3n) is 2.60. The molecule has 0 spiro atoms. The number of hydrogen-bond acceptors (Lipinski definition) is 3. The van der Waals surface area contributed by atoms with Crippen LogP contribution in [0.2, 0.25) is 0 Å². The van der Waals surface area contributed by atoms with Gasteiger partial charge in [0.15, 0.2) is 0 Å². The molecule has 0 saturated heterocycles. The van der Waals surface area contributed by atoms with E-state index in [4.69, 9.17) is 10.5 Å². The fraction of sp³-hybridized carbons (Fsp3) is 0.583. The van der Waals surface area contributed by atoms with Crippen molar-refractivity contribution in [3.63, 3.8) is 0 Å². The summed E-state index contributed by atoms with van der Waals surface area (Å²) in [4.78, 5) is 4.39. The molecule has 0 unspecified atom stereocenters. The lowest BCUT2D eigenvalue weighted by atomic mass is 10.1. The zero-order chi connectivity index (χ0) is 10.8. The van der Waals surface area contributed by atoms with Crippen LogP contribution >= 0.6 is 0 Å². The highest BCUT2D eigenvalue weighted by molar-refractivity contribution is 5.33. The summed E-state index contributed by atoms with van der Waals surface area (Å²) in [7, 11) is 0. The highest BCUT2D eigenvalue weighted by atomic mass is 16.5. The normalized spacial score (nSPS) is 15.7. The second kappa shape index (κ2) is 4.19. The summed E-state index contributed by atoms with van der Waals surface area (Å²) in [6.07, 6.45) is 4.55. The summed E-state index contributed by atoms with van der Waals surface area (Å²) in [6, 6.07) is 2.06. The number of aromatic nitrogens is 1. The van der Waals surface area contributed by atoms with Crippen LogP contribution in [0.5, 0.6) is 5.75 Å². The Labute approximate surface area is 90.7 Å². The second-order valence-corrected chi connectivity index (χ2v) is 4.39. The molecule has 2 N–H and O–H groups in total. The van der Waals surface area contributed by atoms with E-state index >= 15 is 0 Å². The van der Waals surface area contributed by atoms with Crippen molar-refractivity contribution in [1.82, 2.24) is 4.98 Å². The summed E-state index contributed by atoms with van der Waals surface area (Å²) in [5.74, 6) is 1.30. The fourth-order valence-corrected chi connectivity index (χ4v) is 1.45. The van der Waals surface area contributed by atoms with Gasteiger partial charge in [-0.25, -0.2) is 0 Å². The van der Waals surface area contributed by atoms with Gasteiger partial charge in [-0.2, -0.15) is 0 Å². The van der Waals surface area contributed by atoms with E-state index in [1.807, 2.05) is 6.20 Å². The molecule has 1 aliphatic rings. The second-order valence-electron chi connectivity index (χ2n) is 4.39. The molecule has 1 fully saturated rings. The molecule has 0 bridgehead atoms. The molecule has 1 heterocycles. The average Bonchev–Trinajstić information content (AvgIpc) is 3.02. The highest BCUT2D eigenvalue weighted by Gasteiger charge is 2.24. The van der Waals surface area contributed by atoms with Crippen molar-refractivity contribution in [2.24, 2.45) is 5.73 Å². The minimum absolute atomic E-state index is 0.405. The van der Waals surface area contributed by atoms with Crippen molar-refractivity contribution in [3.8, 4) is 5.75 Å². The van der Waals surface area contributed by atoms with E-state index in [0.29, 0.717) is 18.6 Å². The summed E-state index contributed by atoms with van der Waals surface area (Å²) < 4.78 is 5.74. The molecule has 0 radical (unpaired) electrons. The molecule has 2 rings (SSSR count). The highest BCUT2D eigenvalue weighted by Crippen LogP contribution is 2.29. The minimum atomic E-state index is 0.405. The molecular formula is C12H18N2O. The van der Waals surface area contributed by atoms with Gasteiger partial charge in [-0.05, 0) is 24.8 Å². The number of nitrogens with two attached hydrogens (primary N) is 1. The molecule has 1 aliphatic carbocycles. The zero-order valence-corrected chi connectivity index (χ0v) is 9.36. The van der Waals surface area contributed by atoms with Gasteiger partial charge in [0.05, 0.1) is 12.3 Å². The maximum Gasteiger partial charge on any atom is 0.142 e. The summed E-state index contributed by atoms with van der Waals surface area (Å²) in [6.45, 7) is 4.78. The molecule has 3 heteroatoms. The minimum Gasteiger partial charge on any atom is -0.488 e. The van der Waals surface area contributed by atoms with Crippen LogP contribution in [0.4, 0.5) is 0 Å². The topological polar surface area (TPSA) is 48.1 Å². The van der Waals surface area contributed by atoms with Gasteiger partial charge >= 0.3 is 0 Å².